The zero-order valence-electron chi connectivity index (χ0n) is 80.3. The van der Waals surface area contributed by atoms with Crippen LogP contribution in [0.15, 0.2) is 206 Å². The van der Waals surface area contributed by atoms with Crippen LogP contribution in [0.25, 0.3) is 122 Å². The topological polar surface area (TPSA) is 561 Å². The summed E-state index contributed by atoms with van der Waals surface area (Å²) in [5.41, 5.74) is 37.4. The van der Waals surface area contributed by atoms with Crippen LogP contribution in [0.3, 0.4) is 0 Å². The molecule has 24 rings (SSSR count). The number of benzene rings is 3. The number of thiophene rings is 1. The van der Waals surface area contributed by atoms with Crippen molar-refractivity contribution >= 4 is 152 Å². The predicted molar refractivity (Wildman–Crippen MR) is 553 cm³/mol. The molecule has 1 saturated carbocycles. The van der Waals surface area contributed by atoms with Crippen molar-refractivity contribution < 1.29 is 46.4 Å². The molecule has 0 radical (unpaired) electrons. The molecule has 48 heteroatoms. The number of amides is 2. The molecule has 0 spiro atoms. The molecule has 20 heterocycles. The number of fused-ring (bicyclic) bond motifs is 6. The molecule has 0 bridgehead atoms. The first-order valence-corrected chi connectivity index (χ1v) is 49.9. The summed E-state index contributed by atoms with van der Waals surface area (Å²) in [4.78, 5) is 107. The first-order chi connectivity index (χ1) is 71.0. The summed E-state index contributed by atoms with van der Waals surface area (Å²) >= 11 is 5.83. The van der Waals surface area contributed by atoms with Gasteiger partial charge in [0.1, 0.15) is 55.8 Å². The molecule has 10 N–H and O–H groups in total. The smallest absolute Gasteiger partial charge is 0.259 e. The molecule has 3 aromatic carbocycles. The fourth-order valence-corrected chi connectivity index (χ4v) is 19.2. The minimum Gasteiger partial charge on any atom is -0.491 e. The first kappa shape index (κ1) is 98.0. The van der Waals surface area contributed by atoms with E-state index in [0.29, 0.717) is 176 Å². The number of Topliss-reactive ketones (excluding diaryl/α,β-unsaturated/α-hetero) is 1. The summed E-state index contributed by atoms with van der Waals surface area (Å²) in [5.74, 6) is 6.88. The highest BCUT2D eigenvalue weighted by Crippen LogP contribution is 2.42. The number of methoxy groups -OCH3 is 1. The lowest BCUT2D eigenvalue weighted by atomic mass is 9.94. The number of nitrogen functional groups attached to an aromatic ring is 4. The number of piperazine rings is 1. The Labute approximate surface area is 847 Å². The molecule has 2 amide bonds. The van der Waals surface area contributed by atoms with Crippen LogP contribution in [0.1, 0.15) is 99.8 Å². The van der Waals surface area contributed by atoms with Gasteiger partial charge in [0.15, 0.2) is 72.8 Å². The molecule has 2 aliphatic heterocycles. The van der Waals surface area contributed by atoms with Gasteiger partial charge in [0.2, 0.25) is 35.3 Å². The van der Waals surface area contributed by atoms with Gasteiger partial charge < -0.3 is 65.1 Å². The number of furan rings is 3. The lowest BCUT2D eigenvalue weighted by molar-refractivity contribution is -0.117. The van der Waals surface area contributed by atoms with Crippen LogP contribution in [0.5, 0.6) is 5.75 Å². The van der Waals surface area contributed by atoms with Crippen molar-refractivity contribution in [3.63, 3.8) is 0 Å². The molecule has 0 atom stereocenters. The first-order valence-electron chi connectivity index (χ1n) is 46.5. The number of carbonyl (C=O) groups is 3. The molecular formula is C98H98N34O10S4. The van der Waals surface area contributed by atoms with Gasteiger partial charge in [0.25, 0.3) is 11.9 Å². The van der Waals surface area contributed by atoms with Gasteiger partial charge in [-0.15, -0.1) is 37.7 Å². The highest BCUT2D eigenvalue weighted by Gasteiger charge is 2.33. The van der Waals surface area contributed by atoms with Crippen LogP contribution in [-0.2, 0) is 34.4 Å². The number of aryl methyl sites for hydroxylation is 5. The highest BCUT2D eigenvalue weighted by atomic mass is 32.1. The molecule has 2 saturated heterocycles. The largest absolute Gasteiger partial charge is 0.491 e. The Balaban J connectivity index is 0.000000113. The molecule has 0 unspecified atom stereocenters. The molecule has 146 heavy (non-hydrogen) atoms. The average Bonchev–Trinajstić information content (AvgIpc) is 1.60. The standard InChI is InChI=1S/C25H29N9O3.C20H19N3O4S.C16H15N7O.C16H14N4O2S.C12H11N3S2.C9H10N8/c1-35-15-16-36-19-6-4-18(5-7-19)32-11-8-31(9-12-32)10-13-33-23-20(17-27-33)24-28-22(21-3-2-14-37-21)30-34(24)25(26)29-23;1-12-4-5-14(11-21-12)19(25)23-20-22-16(15-3-2-8-27-15)18(28-20)17(24)13-6-9-26-10-7-13;1-9-7-10(4-5-11(9)17)8-23-15-14(21-22-23)13(19-16(18)20-15)12-3-2-6-24-12;1-9-17-14(20-22-9)13-12(10-5-3-2-4-6-10)18-16(23-13)19-15(21)11-7-8-11;1-7(2)11-14-8-3-5-16-10(8)9(15-11)12-13-4-6-17-12;1-5-13-7(10)6-8(14-5)16(2)9(15-6)17-11-3-4-12-17/h2-7,14,17H,8-13,15-16H2,1H3,(H2,26,29);2-5,8,11,13H,6-7,9-10H2,1H3,(H,22,23,25);2-7H,8,17H2,1H3,(H2,18,19,20);2-6,11H,7-8H2,1H3,(H,18,19,21);3-7H,1-2H3;3-4H,1-2H3,(H2,10,13,14). The third-order valence-corrected chi connectivity index (χ3v) is 27.1. The maximum absolute atomic E-state index is 13.1. The second-order valence-electron chi connectivity index (χ2n) is 34.1. The van der Waals surface area contributed by atoms with E-state index in [4.69, 9.17) is 54.9 Å². The van der Waals surface area contributed by atoms with E-state index in [2.05, 4.69) is 157 Å². The Bertz CT molecular complexity index is 8040. The Kier molecular flexibility index (Phi) is 29.8. The summed E-state index contributed by atoms with van der Waals surface area (Å²) in [6.45, 7) is 19.8. The second-order valence-corrected chi connectivity index (χ2v) is 37.9. The van der Waals surface area contributed by atoms with Gasteiger partial charge in [-0.1, -0.05) is 89.4 Å². The van der Waals surface area contributed by atoms with Crippen molar-refractivity contribution in [1.82, 2.24) is 134 Å². The van der Waals surface area contributed by atoms with Crippen LogP contribution < -0.4 is 43.2 Å². The number of thiazole rings is 3. The fraction of sp³-hybridized carbons (Fsp3) is 0.265. The zero-order chi connectivity index (χ0) is 101. The monoisotopic (exact) mass is 2040 g/mol. The molecule has 3 fully saturated rings. The minimum atomic E-state index is -0.322. The van der Waals surface area contributed by atoms with Crippen LogP contribution in [0.2, 0.25) is 0 Å². The van der Waals surface area contributed by atoms with Crippen molar-refractivity contribution in [2.75, 3.05) is 105 Å². The number of pyridine rings is 1. The third-order valence-electron chi connectivity index (χ3n) is 23.5. The predicted octanol–water partition coefficient (Wildman–Crippen LogP) is 15.4. The number of hydrogen-bond donors (Lipinski definition) is 6. The van der Waals surface area contributed by atoms with Gasteiger partial charge in [-0.2, -0.15) is 34.8 Å². The van der Waals surface area contributed by atoms with Gasteiger partial charge in [0.05, 0.1) is 83.9 Å². The zero-order valence-corrected chi connectivity index (χ0v) is 83.5. The third kappa shape index (κ3) is 22.6. The maximum atomic E-state index is 13.1. The number of rotatable bonds is 24. The van der Waals surface area contributed by atoms with Crippen LogP contribution in [0.4, 0.5) is 39.4 Å². The average molecular weight is 2040 g/mol. The number of aromatic nitrogens is 26. The molecule has 44 nitrogen and oxygen atoms in total. The van der Waals surface area contributed by atoms with Gasteiger partial charge in [-0.3, -0.25) is 34.2 Å². The number of nitrogens with two attached hydrogens (primary N) is 4. The van der Waals surface area contributed by atoms with Gasteiger partial charge >= 0.3 is 0 Å². The van der Waals surface area contributed by atoms with E-state index < -0.39 is 0 Å². The van der Waals surface area contributed by atoms with E-state index in [9.17, 15) is 14.4 Å². The summed E-state index contributed by atoms with van der Waals surface area (Å²) in [6, 6.07) is 40.1. The number of nitrogens with one attached hydrogen (secondary N) is 2. The van der Waals surface area contributed by atoms with E-state index in [1.54, 1.807) is 126 Å². The normalized spacial score (nSPS) is 13.2. The lowest BCUT2D eigenvalue weighted by Crippen LogP contribution is -2.47. The van der Waals surface area contributed by atoms with Crippen molar-refractivity contribution in [3.8, 4) is 78.9 Å². The van der Waals surface area contributed by atoms with Crippen LogP contribution >= 0.6 is 45.3 Å². The number of imidazole rings is 1. The van der Waals surface area contributed by atoms with Gasteiger partial charge in [-0.25, -0.2) is 59.2 Å². The van der Waals surface area contributed by atoms with E-state index in [1.165, 1.54) is 50.1 Å². The molecule has 3 aliphatic rings. The maximum Gasteiger partial charge on any atom is 0.259 e. The van der Waals surface area contributed by atoms with Crippen LogP contribution in [-0.4, -0.2) is 218 Å². The quantitative estimate of drug-likeness (QED) is 0.0186. The summed E-state index contributed by atoms with van der Waals surface area (Å²) in [7, 11) is 3.50. The van der Waals surface area contributed by atoms with Gasteiger partial charge in [0, 0.05) is 125 Å². The van der Waals surface area contributed by atoms with Gasteiger partial charge in [-0.05, 0) is 148 Å². The molecule has 744 valence electrons. The second kappa shape index (κ2) is 44.4. The summed E-state index contributed by atoms with van der Waals surface area (Å²) in [6.07, 6.45) is 16.3. The Hall–Kier alpha value is -16.8. The molecule has 21 aromatic rings. The minimum absolute atomic E-state index is 0.0182. The van der Waals surface area contributed by atoms with Crippen molar-refractivity contribution in [2.24, 2.45) is 18.9 Å². The number of nitrogens with zero attached hydrogens (tertiary/aromatic N) is 28. The van der Waals surface area contributed by atoms with Crippen LogP contribution in [0, 0.1) is 39.5 Å². The molecular weight excluding hydrogens is 1940 g/mol. The number of ketones is 1. The van der Waals surface area contributed by atoms with E-state index in [1.807, 2.05) is 110 Å². The van der Waals surface area contributed by atoms with Crippen molar-refractivity contribution in [1.29, 1.82) is 0 Å². The summed E-state index contributed by atoms with van der Waals surface area (Å²) < 4.78 is 45.4. The molecule has 1 aliphatic carbocycles. The van der Waals surface area contributed by atoms with E-state index in [0.717, 1.165) is 122 Å². The number of ether oxygens (including phenoxy) is 3. The molecule has 18 aromatic heterocycles. The number of hydrogen-bond acceptors (Lipinski definition) is 41. The Morgan fingerprint density at radius 3 is 2.04 bits per heavy atom. The number of carbonyl (C=O) groups excluding carboxylic acids is 3. The van der Waals surface area contributed by atoms with Crippen molar-refractivity contribution in [2.45, 2.75) is 86.2 Å². The lowest BCUT2D eigenvalue weighted by Gasteiger charge is -2.36. The Morgan fingerprint density at radius 1 is 0.603 bits per heavy atom. The number of anilines is 7. The SMILES string of the molecule is CC(C)c1nc(-c2nccs2)c2sccc2n1.COCCOc1ccc(N2CCN(CCn3ncc4c3nc(N)n3nc(-c5ccco5)nc43)CC2)cc1.Cc1cc(Cn2nnc3c(-c4ccco4)nc(N)nc32)ccc1N.Cc1ccc(C(=O)Nc2nc(-c3ccco3)c(C(=O)C3CCOCC3)s2)cn1.Cc1nc(-c2sc(NC(=O)C3CC3)nc2-c2ccccc2)no1.Cc1nc(N)c2nc(-n3nccn3)n(C)c2n1. The van der Waals surface area contributed by atoms with E-state index in [-0.39, 0.29) is 41.3 Å². The Morgan fingerprint density at radius 2 is 1.35 bits per heavy atom. The van der Waals surface area contributed by atoms with Crippen molar-refractivity contribution in [3.05, 3.63) is 233 Å². The highest BCUT2D eigenvalue weighted by molar-refractivity contribution is 7.20. The summed E-state index contributed by atoms with van der Waals surface area (Å²) in [5, 5.41) is 41.9. The fourth-order valence-electron chi connectivity index (χ4n) is 15.8. The van der Waals surface area contributed by atoms with E-state index >= 15 is 0 Å².